The summed E-state index contributed by atoms with van der Waals surface area (Å²) in [5, 5.41) is 8.37. The van der Waals surface area contributed by atoms with Gasteiger partial charge in [0.15, 0.2) is 0 Å². The fourth-order valence-corrected chi connectivity index (χ4v) is 1.15. The van der Waals surface area contributed by atoms with E-state index < -0.39 is 0 Å². The second-order valence-corrected chi connectivity index (χ2v) is 2.87. The largest absolute Gasteiger partial charge is 0.330 e. The number of carbonyl (C=O) groups is 1. The smallest absolute Gasteiger partial charge is 0.246 e. The van der Waals surface area contributed by atoms with Crippen LogP contribution in [0.5, 0.6) is 0 Å². The molecule has 1 amide bonds. The average molecular weight is 174 g/mol. The van der Waals surface area contributed by atoms with Crippen LogP contribution in [0.1, 0.15) is 32.6 Å². The van der Waals surface area contributed by atoms with Gasteiger partial charge in [0.2, 0.25) is 5.91 Å². The molecule has 4 N–H and O–H groups in total. The minimum Gasteiger partial charge on any atom is -0.330 e. The Hall–Kier alpha value is -0.610. The van der Waals surface area contributed by atoms with Crippen LogP contribution in [0.15, 0.2) is 0 Å². The van der Waals surface area contributed by atoms with Gasteiger partial charge in [0.05, 0.1) is 0 Å². The van der Waals surface area contributed by atoms with Crippen molar-refractivity contribution in [1.29, 1.82) is 0 Å². The predicted molar refractivity (Wildman–Crippen MR) is 46.6 cm³/mol. The Morgan fingerprint density at radius 1 is 1.58 bits per heavy atom. The second kappa shape index (κ2) is 7.06. The van der Waals surface area contributed by atoms with Gasteiger partial charge in [0.1, 0.15) is 0 Å². The van der Waals surface area contributed by atoms with Gasteiger partial charge in [-0.25, -0.2) is 5.48 Å². The van der Waals surface area contributed by atoms with Crippen molar-refractivity contribution in [2.45, 2.75) is 32.6 Å². The average Bonchev–Trinajstić information content (AvgIpc) is 2.11. The van der Waals surface area contributed by atoms with Crippen molar-refractivity contribution in [3.63, 3.8) is 0 Å². The molecule has 0 spiro atoms. The van der Waals surface area contributed by atoms with E-state index in [-0.39, 0.29) is 11.8 Å². The van der Waals surface area contributed by atoms with Crippen molar-refractivity contribution in [1.82, 2.24) is 5.48 Å². The van der Waals surface area contributed by atoms with E-state index in [2.05, 4.69) is 0 Å². The van der Waals surface area contributed by atoms with Crippen LogP contribution in [-0.2, 0) is 4.79 Å². The Labute approximate surface area is 73.1 Å². The maximum Gasteiger partial charge on any atom is 0.246 e. The molecule has 0 aromatic heterocycles. The zero-order chi connectivity index (χ0) is 9.40. The van der Waals surface area contributed by atoms with E-state index in [9.17, 15) is 4.79 Å². The molecule has 0 aliphatic carbocycles. The standard InChI is InChI=1S/C8H18N2O2/c1-2-7(8(11)10-12)5-3-4-6-9/h7,12H,2-6,9H2,1H3,(H,10,11). The van der Waals surface area contributed by atoms with Crippen LogP contribution in [-0.4, -0.2) is 17.7 Å². The van der Waals surface area contributed by atoms with Crippen LogP contribution in [0.2, 0.25) is 0 Å². The van der Waals surface area contributed by atoms with Crippen molar-refractivity contribution >= 4 is 5.91 Å². The third-order valence-electron chi connectivity index (χ3n) is 1.98. The van der Waals surface area contributed by atoms with Gasteiger partial charge >= 0.3 is 0 Å². The molecule has 0 rings (SSSR count). The molecule has 0 aromatic rings. The molecule has 0 saturated carbocycles. The Kier molecular flexibility index (Phi) is 6.70. The first-order valence-electron chi connectivity index (χ1n) is 4.40. The third-order valence-corrected chi connectivity index (χ3v) is 1.98. The summed E-state index contributed by atoms with van der Waals surface area (Å²) < 4.78 is 0. The molecule has 0 aliphatic rings. The maximum absolute atomic E-state index is 10.9. The predicted octanol–water partition coefficient (Wildman–Crippen LogP) is 0.647. The summed E-state index contributed by atoms with van der Waals surface area (Å²) in [6.07, 6.45) is 3.45. The summed E-state index contributed by atoms with van der Waals surface area (Å²) in [4.78, 5) is 10.9. The van der Waals surface area contributed by atoms with Gasteiger partial charge in [-0.15, -0.1) is 0 Å². The topological polar surface area (TPSA) is 75.4 Å². The normalized spacial score (nSPS) is 12.6. The minimum atomic E-state index is -0.283. The summed E-state index contributed by atoms with van der Waals surface area (Å²) in [7, 11) is 0. The number of hydrogen-bond acceptors (Lipinski definition) is 3. The monoisotopic (exact) mass is 174 g/mol. The molecule has 0 heterocycles. The molecule has 4 nitrogen and oxygen atoms in total. The van der Waals surface area contributed by atoms with Gasteiger partial charge in [-0.2, -0.15) is 0 Å². The number of hydrogen-bond donors (Lipinski definition) is 3. The molecule has 12 heavy (non-hydrogen) atoms. The summed E-state index contributed by atoms with van der Waals surface area (Å²) in [5.74, 6) is -0.351. The SMILES string of the molecule is CCC(CCCCN)C(=O)NO. The summed E-state index contributed by atoms with van der Waals surface area (Å²) >= 11 is 0. The van der Waals surface area contributed by atoms with Gasteiger partial charge in [-0.3, -0.25) is 10.0 Å². The third kappa shape index (κ3) is 4.31. The molecule has 4 heteroatoms. The van der Waals surface area contributed by atoms with Crippen LogP contribution in [0, 0.1) is 5.92 Å². The molecule has 0 bridgehead atoms. The van der Waals surface area contributed by atoms with E-state index in [1.54, 1.807) is 5.48 Å². The molecule has 1 atom stereocenters. The van der Waals surface area contributed by atoms with Gasteiger partial charge in [0.25, 0.3) is 0 Å². The van der Waals surface area contributed by atoms with Crippen molar-refractivity contribution in [2.24, 2.45) is 11.7 Å². The molecule has 0 aliphatic heterocycles. The molecule has 0 radical (unpaired) electrons. The molecule has 0 fully saturated rings. The number of hydroxylamine groups is 1. The maximum atomic E-state index is 10.9. The number of carbonyl (C=O) groups excluding carboxylic acids is 1. The fraction of sp³-hybridized carbons (Fsp3) is 0.875. The Balaban J connectivity index is 3.60. The van der Waals surface area contributed by atoms with Crippen molar-refractivity contribution in [3.8, 4) is 0 Å². The lowest BCUT2D eigenvalue weighted by Crippen LogP contribution is -2.27. The highest BCUT2D eigenvalue weighted by molar-refractivity contribution is 5.77. The fourth-order valence-electron chi connectivity index (χ4n) is 1.15. The van der Waals surface area contributed by atoms with Crippen LogP contribution in [0.4, 0.5) is 0 Å². The van der Waals surface area contributed by atoms with E-state index in [0.717, 1.165) is 25.7 Å². The number of nitrogens with one attached hydrogen (secondary N) is 1. The highest BCUT2D eigenvalue weighted by Gasteiger charge is 2.14. The second-order valence-electron chi connectivity index (χ2n) is 2.87. The van der Waals surface area contributed by atoms with Crippen LogP contribution in [0.25, 0.3) is 0 Å². The molecular formula is C8H18N2O2. The molecule has 0 aromatic carbocycles. The van der Waals surface area contributed by atoms with E-state index in [0.29, 0.717) is 6.54 Å². The highest BCUT2D eigenvalue weighted by Crippen LogP contribution is 2.11. The minimum absolute atomic E-state index is 0.0680. The quantitative estimate of drug-likeness (QED) is 0.314. The van der Waals surface area contributed by atoms with Gasteiger partial charge in [-0.05, 0) is 25.8 Å². The summed E-state index contributed by atoms with van der Waals surface area (Å²) in [5.41, 5.74) is 6.99. The van der Waals surface area contributed by atoms with Crippen LogP contribution in [0.3, 0.4) is 0 Å². The lowest BCUT2D eigenvalue weighted by Gasteiger charge is -2.11. The summed E-state index contributed by atoms with van der Waals surface area (Å²) in [6, 6.07) is 0. The van der Waals surface area contributed by atoms with Crippen molar-refractivity contribution in [2.75, 3.05) is 6.54 Å². The molecule has 1 unspecified atom stereocenters. The highest BCUT2D eigenvalue weighted by atomic mass is 16.5. The lowest BCUT2D eigenvalue weighted by molar-refractivity contribution is -0.133. The van der Waals surface area contributed by atoms with E-state index in [1.165, 1.54) is 0 Å². The molecular weight excluding hydrogens is 156 g/mol. The first kappa shape index (κ1) is 11.4. The lowest BCUT2D eigenvalue weighted by atomic mass is 9.99. The van der Waals surface area contributed by atoms with E-state index in [4.69, 9.17) is 10.9 Å². The van der Waals surface area contributed by atoms with Crippen LogP contribution >= 0.6 is 0 Å². The van der Waals surface area contributed by atoms with E-state index in [1.807, 2.05) is 6.92 Å². The van der Waals surface area contributed by atoms with E-state index >= 15 is 0 Å². The molecule has 0 saturated heterocycles. The van der Waals surface area contributed by atoms with Crippen LogP contribution < -0.4 is 11.2 Å². The first-order chi connectivity index (χ1) is 5.76. The first-order valence-corrected chi connectivity index (χ1v) is 4.40. The van der Waals surface area contributed by atoms with Gasteiger partial charge < -0.3 is 5.73 Å². The number of nitrogens with two attached hydrogens (primary N) is 1. The Morgan fingerprint density at radius 3 is 2.67 bits per heavy atom. The zero-order valence-corrected chi connectivity index (χ0v) is 7.55. The number of rotatable bonds is 6. The molecule has 72 valence electrons. The Morgan fingerprint density at radius 2 is 2.25 bits per heavy atom. The number of unbranched alkanes of at least 4 members (excludes halogenated alkanes) is 1. The van der Waals surface area contributed by atoms with Crippen molar-refractivity contribution in [3.05, 3.63) is 0 Å². The number of amides is 1. The Bertz CT molecular complexity index is 128. The van der Waals surface area contributed by atoms with Crippen molar-refractivity contribution < 1.29 is 10.0 Å². The summed E-state index contributed by atoms with van der Waals surface area (Å²) in [6.45, 7) is 2.60. The zero-order valence-electron chi connectivity index (χ0n) is 7.55. The van der Waals surface area contributed by atoms with Gasteiger partial charge in [-0.1, -0.05) is 13.3 Å². The van der Waals surface area contributed by atoms with Gasteiger partial charge in [0, 0.05) is 5.92 Å².